The van der Waals surface area contributed by atoms with Crippen molar-refractivity contribution >= 4 is 35.0 Å². The summed E-state index contributed by atoms with van der Waals surface area (Å²) in [6.45, 7) is 5.82. The van der Waals surface area contributed by atoms with Crippen LogP contribution in [0, 0.1) is 0 Å². The van der Waals surface area contributed by atoms with E-state index in [0.717, 1.165) is 11.3 Å². The zero-order chi connectivity index (χ0) is 29.9. The van der Waals surface area contributed by atoms with Crippen molar-refractivity contribution in [3.63, 3.8) is 0 Å². The second-order valence-electron chi connectivity index (χ2n) is 10.8. The summed E-state index contributed by atoms with van der Waals surface area (Å²) >= 11 is 0. The first kappa shape index (κ1) is 28.5. The Bertz CT molecular complexity index is 1570. The van der Waals surface area contributed by atoms with Gasteiger partial charge in [-0.05, 0) is 69.3 Å². The van der Waals surface area contributed by atoms with Gasteiger partial charge in [-0.15, -0.1) is 0 Å². The molecule has 1 aromatic heterocycles. The van der Waals surface area contributed by atoms with E-state index in [1.165, 1.54) is 4.90 Å². The number of anilines is 4. The number of nitrogens with zero attached hydrogens (tertiary/aromatic N) is 4. The minimum Gasteiger partial charge on any atom is -0.497 e. The number of para-hydroxylation sites is 2. The van der Waals surface area contributed by atoms with E-state index < -0.39 is 11.7 Å². The Labute approximate surface area is 245 Å². The first-order chi connectivity index (χ1) is 20.2. The molecule has 1 aliphatic rings. The van der Waals surface area contributed by atoms with Gasteiger partial charge < -0.3 is 14.2 Å². The van der Waals surface area contributed by atoms with Gasteiger partial charge in [0.15, 0.2) is 0 Å². The molecule has 0 aliphatic carbocycles. The second kappa shape index (κ2) is 11.8. The van der Waals surface area contributed by atoms with E-state index in [-0.39, 0.29) is 19.1 Å². The highest BCUT2D eigenvalue weighted by atomic mass is 16.6. The molecule has 2 heterocycles. The van der Waals surface area contributed by atoms with Gasteiger partial charge in [-0.25, -0.2) is 14.6 Å². The number of hydrogen-bond donors (Lipinski definition) is 0. The Hall–Kier alpha value is -5.05. The van der Waals surface area contributed by atoms with Gasteiger partial charge in [0.25, 0.3) is 0 Å². The summed E-state index contributed by atoms with van der Waals surface area (Å²) in [4.78, 5) is 37.2. The zero-order valence-electron chi connectivity index (χ0n) is 24.4. The summed E-state index contributed by atoms with van der Waals surface area (Å²) in [5.74, 6) is 1.59. The van der Waals surface area contributed by atoms with Gasteiger partial charge in [-0.3, -0.25) is 14.7 Å². The lowest BCUT2D eigenvalue weighted by Gasteiger charge is -2.37. The Morgan fingerprint density at radius 1 is 0.881 bits per heavy atom. The van der Waals surface area contributed by atoms with E-state index in [2.05, 4.69) is 0 Å². The molecule has 216 valence electrons. The summed E-state index contributed by atoms with van der Waals surface area (Å²) < 4.78 is 16.7. The molecule has 3 aromatic carbocycles. The third-order valence-corrected chi connectivity index (χ3v) is 6.70. The first-order valence-corrected chi connectivity index (χ1v) is 13.6. The third kappa shape index (κ3) is 6.00. The third-order valence-electron chi connectivity index (χ3n) is 6.70. The van der Waals surface area contributed by atoms with Crippen LogP contribution in [0.25, 0.3) is 0 Å². The number of rotatable bonds is 7. The van der Waals surface area contributed by atoms with Gasteiger partial charge in [0.1, 0.15) is 22.9 Å². The first-order valence-electron chi connectivity index (χ1n) is 13.6. The second-order valence-corrected chi connectivity index (χ2v) is 10.8. The van der Waals surface area contributed by atoms with Crippen molar-refractivity contribution in [1.82, 2.24) is 4.98 Å². The molecule has 9 heteroatoms. The van der Waals surface area contributed by atoms with Crippen molar-refractivity contribution in [2.24, 2.45) is 0 Å². The van der Waals surface area contributed by atoms with Gasteiger partial charge in [0.05, 0.1) is 44.4 Å². The molecule has 5 rings (SSSR count). The molecule has 0 N–H and O–H groups in total. The maximum atomic E-state index is 13.9. The number of aromatic nitrogens is 1. The van der Waals surface area contributed by atoms with Gasteiger partial charge >= 0.3 is 12.1 Å². The summed E-state index contributed by atoms with van der Waals surface area (Å²) in [7, 11) is 3.15. The molecule has 0 saturated carbocycles. The van der Waals surface area contributed by atoms with Crippen LogP contribution in [0.3, 0.4) is 0 Å². The Morgan fingerprint density at radius 2 is 1.55 bits per heavy atom. The van der Waals surface area contributed by atoms with Crippen LogP contribution in [-0.4, -0.2) is 36.9 Å². The van der Waals surface area contributed by atoms with Crippen molar-refractivity contribution in [2.75, 3.05) is 28.9 Å². The number of carbonyl (C=O) groups is 2. The molecule has 42 heavy (non-hydrogen) atoms. The summed E-state index contributed by atoms with van der Waals surface area (Å²) in [6.07, 6.45) is -0.556. The number of fused-ring (bicyclic) bond motifs is 1. The van der Waals surface area contributed by atoms with Gasteiger partial charge in [0, 0.05) is 17.3 Å². The number of amides is 3. The van der Waals surface area contributed by atoms with E-state index >= 15 is 0 Å². The molecule has 0 spiro atoms. The van der Waals surface area contributed by atoms with Gasteiger partial charge in [-0.1, -0.05) is 36.4 Å². The summed E-state index contributed by atoms with van der Waals surface area (Å²) in [6, 6.07) is 27.7. The van der Waals surface area contributed by atoms with E-state index in [4.69, 9.17) is 19.2 Å². The number of methoxy groups -OCH3 is 2. The maximum Gasteiger partial charge on any atom is 0.416 e. The number of benzene rings is 3. The molecule has 4 aromatic rings. The van der Waals surface area contributed by atoms with Crippen LogP contribution in [0.2, 0.25) is 0 Å². The van der Waals surface area contributed by atoms with Gasteiger partial charge in [-0.2, -0.15) is 0 Å². The predicted octanol–water partition coefficient (Wildman–Crippen LogP) is 7.32. The fourth-order valence-corrected chi connectivity index (χ4v) is 4.74. The lowest BCUT2D eigenvalue weighted by atomic mass is 10.1. The molecule has 9 nitrogen and oxygen atoms in total. The number of urea groups is 1. The zero-order valence-corrected chi connectivity index (χ0v) is 24.4. The standard InChI is InChI=1S/C33H34N4O5/c1-33(2,3)42-32(39)36(21-23-16-17-26(40-4)20-29(23)41-5)30-19-18-28-27(34-30)22-35(24-12-8-6-9-13-24)31(38)37(28)25-14-10-7-11-15-25/h6-20H,21-22H2,1-5H3. The topological polar surface area (TPSA) is 84.4 Å². The van der Waals surface area contributed by atoms with E-state index in [1.54, 1.807) is 36.2 Å². The monoisotopic (exact) mass is 566 g/mol. The average Bonchev–Trinajstić information content (AvgIpc) is 2.99. The Balaban J connectivity index is 1.60. The van der Waals surface area contributed by atoms with Crippen molar-refractivity contribution < 1.29 is 23.8 Å². The van der Waals surface area contributed by atoms with Crippen LogP contribution < -0.4 is 24.2 Å². The SMILES string of the molecule is COc1ccc(CN(C(=O)OC(C)(C)C)c2ccc3c(n2)CN(c2ccccc2)C(=O)N3c2ccccc2)c(OC)c1. The van der Waals surface area contributed by atoms with Crippen LogP contribution >= 0.6 is 0 Å². The minimum absolute atomic E-state index is 0.137. The fraction of sp³-hybridized carbons (Fsp3) is 0.242. The lowest BCUT2D eigenvalue weighted by Crippen LogP contribution is -2.45. The highest BCUT2D eigenvalue weighted by Gasteiger charge is 2.35. The average molecular weight is 567 g/mol. The predicted molar refractivity (Wildman–Crippen MR) is 163 cm³/mol. The van der Waals surface area contributed by atoms with E-state index in [0.29, 0.717) is 34.4 Å². The normalized spacial score (nSPS) is 12.9. The molecule has 3 amide bonds. The quantitative estimate of drug-likeness (QED) is 0.233. The minimum atomic E-state index is -0.728. The Kier molecular flexibility index (Phi) is 8.01. The smallest absolute Gasteiger partial charge is 0.416 e. The van der Waals surface area contributed by atoms with Crippen LogP contribution in [0.15, 0.2) is 91.0 Å². The van der Waals surface area contributed by atoms with Crippen molar-refractivity contribution in [3.05, 3.63) is 102 Å². The van der Waals surface area contributed by atoms with Crippen molar-refractivity contribution in [1.29, 1.82) is 0 Å². The van der Waals surface area contributed by atoms with Crippen LogP contribution in [0.4, 0.5) is 32.5 Å². The number of carbonyl (C=O) groups excluding carboxylic acids is 2. The van der Waals surface area contributed by atoms with Crippen LogP contribution in [-0.2, 0) is 17.8 Å². The van der Waals surface area contributed by atoms with Crippen molar-refractivity contribution in [2.45, 2.75) is 39.5 Å². The summed E-state index contributed by atoms with van der Waals surface area (Å²) in [5.41, 5.74) is 2.76. The van der Waals surface area contributed by atoms with Crippen LogP contribution in [0.1, 0.15) is 32.0 Å². The molecule has 0 fully saturated rings. The molecule has 0 saturated heterocycles. The number of pyridine rings is 1. The number of ether oxygens (including phenoxy) is 3. The molecular weight excluding hydrogens is 532 g/mol. The molecule has 1 aliphatic heterocycles. The van der Waals surface area contributed by atoms with E-state index in [9.17, 15) is 9.59 Å². The van der Waals surface area contributed by atoms with Crippen LogP contribution in [0.5, 0.6) is 11.5 Å². The maximum absolute atomic E-state index is 13.9. The largest absolute Gasteiger partial charge is 0.497 e. The highest BCUT2D eigenvalue weighted by Crippen LogP contribution is 2.38. The Morgan fingerprint density at radius 3 is 2.17 bits per heavy atom. The molecule has 0 unspecified atom stereocenters. The summed E-state index contributed by atoms with van der Waals surface area (Å²) in [5, 5.41) is 0. The number of hydrogen-bond acceptors (Lipinski definition) is 6. The molecular formula is C33H34N4O5. The highest BCUT2D eigenvalue weighted by molar-refractivity contribution is 6.10. The molecule has 0 bridgehead atoms. The lowest BCUT2D eigenvalue weighted by molar-refractivity contribution is 0.0576. The molecule has 0 radical (unpaired) electrons. The van der Waals surface area contributed by atoms with Crippen molar-refractivity contribution in [3.8, 4) is 11.5 Å². The fourth-order valence-electron chi connectivity index (χ4n) is 4.74. The molecule has 0 atom stereocenters. The van der Waals surface area contributed by atoms with Gasteiger partial charge in [0.2, 0.25) is 0 Å². The van der Waals surface area contributed by atoms with E-state index in [1.807, 2.05) is 99.6 Å².